The van der Waals surface area contributed by atoms with Crippen molar-refractivity contribution in [2.45, 2.75) is 5.50 Å². The Morgan fingerprint density at radius 1 is 1.71 bits per heavy atom. The molecule has 3 nitrogen and oxygen atoms in total. The fraction of sp³-hybridized carbons (Fsp3) is 0.500. The maximum absolute atomic E-state index is 4.66. The Hall–Kier alpha value is -0.0000000000000000555. The average molecular weight is 135 g/mol. The minimum atomic E-state index is -0.0347. The Morgan fingerprint density at radius 2 is 2.43 bits per heavy atom. The maximum atomic E-state index is 4.66. The Bertz CT molecular complexity index is 92.9. The number of rotatable bonds is 0. The molecule has 1 aliphatic heterocycles. The van der Waals surface area contributed by atoms with Crippen molar-refractivity contribution in [3.63, 3.8) is 0 Å². The van der Waals surface area contributed by atoms with Gasteiger partial charge in [0.15, 0.2) is 5.11 Å². The summed E-state index contributed by atoms with van der Waals surface area (Å²) < 4.78 is 0. The van der Waals surface area contributed by atoms with Gasteiger partial charge in [0.25, 0.3) is 0 Å². The van der Waals surface area contributed by atoms with Gasteiger partial charge in [0.1, 0.15) is 5.50 Å². The Labute approximate surface area is 52.2 Å². The van der Waals surface area contributed by atoms with Gasteiger partial charge in [-0.25, -0.2) is 5.43 Å². The highest BCUT2D eigenvalue weighted by Crippen LogP contribution is 1.86. The van der Waals surface area contributed by atoms with Crippen LogP contribution in [-0.4, -0.2) is 10.6 Å². The number of hydrogen-bond acceptors (Lipinski definition) is 3. The van der Waals surface area contributed by atoms with Crippen LogP contribution in [-0.2, 0) is 0 Å². The molecule has 1 unspecified atom stereocenters. The fourth-order valence-corrected chi connectivity index (χ4v) is 0.788. The minimum Gasteiger partial charge on any atom is -0.336 e. The Kier molecular flexibility index (Phi) is 1.36. The van der Waals surface area contributed by atoms with E-state index in [0.717, 1.165) is 0 Å². The predicted molar refractivity (Wildman–Crippen MR) is 34.8 cm³/mol. The molecule has 0 aliphatic carbocycles. The van der Waals surface area contributed by atoms with Crippen molar-refractivity contribution in [3.05, 3.63) is 0 Å². The van der Waals surface area contributed by atoms with Crippen LogP contribution in [0.25, 0.3) is 0 Å². The number of thiocarbonyl (C=S) groups is 1. The molecule has 0 amide bonds. The molecule has 0 aromatic carbocycles. The molecule has 1 rings (SSSR count). The number of nitrogens with one attached hydrogen (secondary N) is 3. The Balaban J connectivity index is 2.40. The van der Waals surface area contributed by atoms with Gasteiger partial charge in [0.05, 0.1) is 0 Å². The largest absolute Gasteiger partial charge is 0.336 e. The van der Waals surface area contributed by atoms with Crippen LogP contribution in [0.15, 0.2) is 0 Å². The Morgan fingerprint density at radius 3 is 2.57 bits per heavy atom. The number of hydrogen-bond donors (Lipinski definition) is 4. The van der Waals surface area contributed by atoms with E-state index in [2.05, 4.69) is 41.0 Å². The van der Waals surface area contributed by atoms with Gasteiger partial charge in [-0.15, -0.1) is 12.6 Å². The monoisotopic (exact) mass is 135 g/mol. The molecule has 0 radical (unpaired) electrons. The maximum Gasteiger partial charge on any atom is 0.182 e. The van der Waals surface area contributed by atoms with Gasteiger partial charge in [0.2, 0.25) is 0 Å². The van der Waals surface area contributed by atoms with E-state index < -0.39 is 0 Å². The topological polar surface area (TPSA) is 36.1 Å². The first-order chi connectivity index (χ1) is 3.29. The summed E-state index contributed by atoms with van der Waals surface area (Å²) in [5.41, 5.74) is 5.36. The lowest BCUT2D eigenvalue weighted by Gasteiger charge is -1.94. The minimum absolute atomic E-state index is 0.0347. The molecular weight excluding hydrogens is 130 g/mol. The molecule has 0 saturated carbocycles. The first-order valence-corrected chi connectivity index (χ1v) is 2.71. The molecule has 3 N–H and O–H groups in total. The van der Waals surface area contributed by atoms with Crippen molar-refractivity contribution in [2.75, 3.05) is 0 Å². The molecule has 5 heteroatoms. The lowest BCUT2D eigenvalue weighted by atomic mass is 11.0. The molecule has 0 bridgehead atoms. The van der Waals surface area contributed by atoms with Gasteiger partial charge in [0, 0.05) is 0 Å². The highest BCUT2D eigenvalue weighted by Gasteiger charge is 2.09. The summed E-state index contributed by atoms with van der Waals surface area (Å²) in [5.74, 6) is 0. The number of hydrazine groups is 1. The van der Waals surface area contributed by atoms with Gasteiger partial charge >= 0.3 is 0 Å². The molecular formula is C2H5N3S2. The molecule has 1 heterocycles. The van der Waals surface area contributed by atoms with Crippen LogP contribution >= 0.6 is 24.8 Å². The van der Waals surface area contributed by atoms with E-state index in [9.17, 15) is 0 Å². The predicted octanol–water partition coefficient (Wildman–Crippen LogP) is -0.818. The standard InChI is InChI=1S/C2H5N3S2/c6-1-3-2(7)5-4-1/h1,4,6H,(H2,3,5,7). The van der Waals surface area contributed by atoms with E-state index in [1.807, 2.05) is 0 Å². The summed E-state index contributed by atoms with van der Waals surface area (Å²) in [6.07, 6.45) is 0. The SMILES string of the molecule is S=C1NNC(S)N1. The first-order valence-electron chi connectivity index (χ1n) is 1.79. The zero-order valence-corrected chi connectivity index (χ0v) is 5.14. The van der Waals surface area contributed by atoms with Crippen molar-refractivity contribution >= 4 is 30.0 Å². The summed E-state index contributed by atoms with van der Waals surface area (Å²) in [5, 5.41) is 3.39. The molecule has 1 saturated heterocycles. The smallest absolute Gasteiger partial charge is 0.182 e. The molecule has 1 fully saturated rings. The van der Waals surface area contributed by atoms with E-state index in [0.29, 0.717) is 5.11 Å². The van der Waals surface area contributed by atoms with E-state index in [4.69, 9.17) is 0 Å². The third-order valence-electron chi connectivity index (χ3n) is 0.590. The number of thiol groups is 1. The van der Waals surface area contributed by atoms with Gasteiger partial charge in [-0.3, -0.25) is 5.43 Å². The zero-order valence-electron chi connectivity index (χ0n) is 3.43. The zero-order chi connectivity index (χ0) is 5.28. The summed E-state index contributed by atoms with van der Waals surface area (Å²) in [4.78, 5) is 0. The van der Waals surface area contributed by atoms with Crippen LogP contribution in [0.2, 0.25) is 0 Å². The highest BCUT2D eigenvalue weighted by atomic mass is 32.1. The van der Waals surface area contributed by atoms with Crippen LogP contribution in [0, 0.1) is 0 Å². The van der Waals surface area contributed by atoms with Crippen LogP contribution in [0.4, 0.5) is 0 Å². The van der Waals surface area contributed by atoms with Crippen molar-refractivity contribution in [3.8, 4) is 0 Å². The van der Waals surface area contributed by atoms with E-state index in [1.54, 1.807) is 0 Å². The van der Waals surface area contributed by atoms with Gasteiger partial charge < -0.3 is 5.32 Å². The first kappa shape index (κ1) is 5.14. The second-order valence-corrected chi connectivity index (χ2v) is 2.07. The van der Waals surface area contributed by atoms with Crippen LogP contribution in [0.1, 0.15) is 0 Å². The van der Waals surface area contributed by atoms with Crippen LogP contribution in [0.5, 0.6) is 0 Å². The lowest BCUT2D eigenvalue weighted by molar-refractivity contribution is 0.684. The van der Waals surface area contributed by atoms with E-state index in [1.165, 1.54) is 0 Å². The van der Waals surface area contributed by atoms with Crippen molar-refractivity contribution in [2.24, 2.45) is 0 Å². The van der Waals surface area contributed by atoms with E-state index in [-0.39, 0.29) is 5.50 Å². The van der Waals surface area contributed by atoms with Crippen molar-refractivity contribution in [1.29, 1.82) is 0 Å². The van der Waals surface area contributed by atoms with Gasteiger partial charge in [-0.2, -0.15) is 0 Å². The second-order valence-electron chi connectivity index (χ2n) is 1.15. The quantitative estimate of drug-likeness (QED) is 0.259. The normalized spacial score (nSPS) is 29.3. The lowest BCUT2D eigenvalue weighted by Crippen LogP contribution is -2.28. The molecule has 1 aliphatic rings. The third-order valence-corrected chi connectivity index (χ3v) is 1.07. The summed E-state index contributed by atoms with van der Waals surface area (Å²) in [6.45, 7) is 0. The van der Waals surface area contributed by atoms with Crippen molar-refractivity contribution in [1.82, 2.24) is 16.2 Å². The molecule has 7 heavy (non-hydrogen) atoms. The van der Waals surface area contributed by atoms with Gasteiger partial charge in [-0.1, -0.05) is 0 Å². The molecule has 0 spiro atoms. The highest BCUT2D eigenvalue weighted by molar-refractivity contribution is 7.82. The summed E-state index contributed by atoms with van der Waals surface area (Å²) in [7, 11) is 0. The second kappa shape index (κ2) is 1.85. The third kappa shape index (κ3) is 1.19. The molecule has 40 valence electrons. The van der Waals surface area contributed by atoms with Gasteiger partial charge in [-0.05, 0) is 12.2 Å². The van der Waals surface area contributed by atoms with E-state index >= 15 is 0 Å². The average Bonchev–Trinajstić information content (AvgIpc) is 1.87. The van der Waals surface area contributed by atoms with Crippen LogP contribution < -0.4 is 16.2 Å². The fourth-order valence-electron chi connectivity index (χ4n) is 0.330. The molecule has 0 aromatic rings. The summed E-state index contributed by atoms with van der Waals surface area (Å²) in [6, 6.07) is 0. The van der Waals surface area contributed by atoms with Crippen LogP contribution in [0.3, 0.4) is 0 Å². The van der Waals surface area contributed by atoms with Crippen molar-refractivity contribution < 1.29 is 0 Å². The summed E-state index contributed by atoms with van der Waals surface area (Å²) >= 11 is 8.64. The molecule has 1 atom stereocenters. The molecule has 0 aromatic heterocycles.